The first kappa shape index (κ1) is 22.1. The zero-order valence-corrected chi connectivity index (χ0v) is 17.8. The maximum absolute atomic E-state index is 12.4. The Balaban J connectivity index is 2.05. The van der Waals surface area contributed by atoms with Gasteiger partial charge in [0.25, 0.3) is 5.91 Å². The first-order chi connectivity index (χ1) is 13.3. The molecule has 2 aromatic heterocycles. The van der Waals surface area contributed by atoms with E-state index >= 15 is 0 Å². The number of alkyl carbamates (subject to hydrolysis) is 1. The summed E-state index contributed by atoms with van der Waals surface area (Å²) in [7, 11) is 0. The molecular weight excluding hydrogens is 376 g/mol. The molecule has 0 aliphatic carbocycles. The molecular formula is C19H28N6O4. The van der Waals surface area contributed by atoms with E-state index in [1.54, 1.807) is 27.7 Å². The Bertz CT molecular complexity index is 895. The summed E-state index contributed by atoms with van der Waals surface area (Å²) in [6.07, 6.45) is 0.852. The molecule has 2 rings (SSSR count). The van der Waals surface area contributed by atoms with Crippen molar-refractivity contribution in [1.29, 1.82) is 0 Å². The average molecular weight is 404 g/mol. The number of anilines is 2. The lowest BCUT2D eigenvalue weighted by Gasteiger charge is -2.21. The van der Waals surface area contributed by atoms with Crippen molar-refractivity contribution in [3.63, 3.8) is 0 Å². The smallest absolute Gasteiger partial charge is 0.408 e. The van der Waals surface area contributed by atoms with Gasteiger partial charge in [0.05, 0.1) is 12.2 Å². The molecule has 29 heavy (non-hydrogen) atoms. The van der Waals surface area contributed by atoms with Crippen molar-refractivity contribution in [2.45, 2.75) is 65.5 Å². The minimum Gasteiger partial charge on any atom is -0.444 e. The molecule has 0 fully saturated rings. The second-order valence-electron chi connectivity index (χ2n) is 8.68. The summed E-state index contributed by atoms with van der Waals surface area (Å²) in [5.41, 5.74) is 5.33. The van der Waals surface area contributed by atoms with Crippen molar-refractivity contribution in [3.8, 4) is 0 Å². The van der Waals surface area contributed by atoms with Crippen LogP contribution in [0, 0.1) is 0 Å². The largest absolute Gasteiger partial charge is 0.444 e. The van der Waals surface area contributed by atoms with E-state index < -0.39 is 23.6 Å². The fourth-order valence-electron chi connectivity index (χ4n) is 2.19. The topological polar surface area (TPSA) is 145 Å². The molecule has 0 saturated heterocycles. The molecule has 0 aromatic carbocycles. The van der Waals surface area contributed by atoms with Crippen LogP contribution in [0.4, 0.5) is 16.3 Å². The van der Waals surface area contributed by atoms with Crippen LogP contribution in [0.5, 0.6) is 0 Å². The van der Waals surface area contributed by atoms with E-state index in [1.165, 1.54) is 12.3 Å². The number of nitrogens with zero attached hydrogens (tertiary/aromatic N) is 3. The van der Waals surface area contributed by atoms with Crippen LogP contribution in [0.3, 0.4) is 0 Å². The number of nitrogens with two attached hydrogens (primary N) is 1. The molecule has 4 N–H and O–H groups in total. The molecule has 1 atom stereocenters. The van der Waals surface area contributed by atoms with Gasteiger partial charge in [-0.3, -0.25) is 4.79 Å². The highest BCUT2D eigenvalue weighted by atomic mass is 16.6. The van der Waals surface area contributed by atoms with E-state index in [0.29, 0.717) is 11.6 Å². The molecule has 0 unspecified atom stereocenters. The van der Waals surface area contributed by atoms with Gasteiger partial charge in [-0.1, -0.05) is 25.9 Å². The summed E-state index contributed by atoms with van der Waals surface area (Å²) >= 11 is 0. The van der Waals surface area contributed by atoms with E-state index in [0.717, 1.165) is 0 Å². The summed E-state index contributed by atoms with van der Waals surface area (Å²) in [6.45, 7) is 12.9. The van der Waals surface area contributed by atoms with Gasteiger partial charge in [0, 0.05) is 11.5 Å². The number of aromatic nitrogens is 3. The number of ether oxygens (including phenoxy) is 1. The van der Waals surface area contributed by atoms with Gasteiger partial charge in [-0.2, -0.15) is 0 Å². The summed E-state index contributed by atoms with van der Waals surface area (Å²) in [5.74, 6) is 0.484. The van der Waals surface area contributed by atoms with Gasteiger partial charge in [-0.25, -0.2) is 14.8 Å². The second-order valence-corrected chi connectivity index (χ2v) is 8.68. The number of hydrogen-bond donors (Lipinski definition) is 3. The van der Waals surface area contributed by atoms with E-state index in [1.807, 2.05) is 20.8 Å². The third-order valence-corrected chi connectivity index (χ3v) is 3.66. The first-order valence-electron chi connectivity index (χ1n) is 9.17. The van der Waals surface area contributed by atoms with E-state index in [9.17, 15) is 9.59 Å². The van der Waals surface area contributed by atoms with Gasteiger partial charge >= 0.3 is 6.09 Å². The average Bonchev–Trinajstić information content (AvgIpc) is 3.04. The molecule has 158 valence electrons. The van der Waals surface area contributed by atoms with E-state index in [2.05, 4.69) is 25.8 Å². The Morgan fingerprint density at radius 3 is 2.41 bits per heavy atom. The predicted molar refractivity (Wildman–Crippen MR) is 107 cm³/mol. The zero-order chi connectivity index (χ0) is 22.0. The number of carbonyl (C=O) groups is 2. The lowest BCUT2D eigenvalue weighted by molar-refractivity contribution is 0.0500. The number of carbonyl (C=O) groups excluding carboxylic acids is 2. The highest BCUT2D eigenvalue weighted by Crippen LogP contribution is 2.23. The predicted octanol–water partition coefficient (Wildman–Crippen LogP) is 3.18. The van der Waals surface area contributed by atoms with Crippen molar-refractivity contribution >= 4 is 23.5 Å². The van der Waals surface area contributed by atoms with Gasteiger partial charge in [-0.05, 0) is 27.7 Å². The van der Waals surface area contributed by atoms with Crippen LogP contribution >= 0.6 is 0 Å². The molecule has 0 aliphatic rings. The molecule has 0 bridgehead atoms. The van der Waals surface area contributed by atoms with Gasteiger partial charge in [-0.15, -0.1) is 0 Å². The Morgan fingerprint density at radius 1 is 1.21 bits per heavy atom. The second kappa shape index (κ2) is 8.06. The summed E-state index contributed by atoms with van der Waals surface area (Å²) < 4.78 is 10.4. The monoisotopic (exact) mass is 404 g/mol. The summed E-state index contributed by atoms with van der Waals surface area (Å²) in [5, 5.41) is 8.96. The summed E-state index contributed by atoms with van der Waals surface area (Å²) in [4.78, 5) is 32.8. The van der Waals surface area contributed by atoms with Crippen molar-refractivity contribution in [2.24, 2.45) is 0 Å². The normalized spacial score (nSPS) is 12.9. The Morgan fingerprint density at radius 2 is 1.86 bits per heavy atom. The third-order valence-electron chi connectivity index (χ3n) is 3.66. The Kier molecular flexibility index (Phi) is 6.15. The number of hydrogen-bond acceptors (Lipinski definition) is 8. The summed E-state index contributed by atoms with van der Waals surface area (Å²) in [6, 6.07) is 0.885. The molecule has 0 aliphatic heterocycles. The zero-order valence-electron chi connectivity index (χ0n) is 17.8. The number of rotatable bonds is 4. The minimum absolute atomic E-state index is 0.0251. The van der Waals surface area contributed by atoms with Crippen LogP contribution in [0.25, 0.3) is 0 Å². The van der Waals surface area contributed by atoms with Gasteiger partial charge in [0.1, 0.15) is 17.1 Å². The molecule has 2 heterocycles. The molecule has 0 radical (unpaired) electrons. The van der Waals surface area contributed by atoms with Crippen LogP contribution in [0.15, 0.2) is 16.8 Å². The molecule has 10 heteroatoms. The van der Waals surface area contributed by atoms with Crippen molar-refractivity contribution < 1.29 is 18.8 Å². The first-order valence-corrected chi connectivity index (χ1v) is 9.17. The van der Waals surface area contributed by atoms with Crippen molar-refractivity contribution in [1.82, 2.24) is 20.4 Å². The fraction of sp³-hybridized carbons (Fsp3) is 0.526. The van der Waals surface area contributed by atoms with Crippen molar-refractivity contribution in [2.75, 3.05) is 11.1 Å². The van der Waals surface area contributed by atoms with Gasteiger partial charge < -0.3 is 25.6 Å². The number of nitrogen functional groups attached to an aromatic ring is 1. The molecule has 10 nitrogen and oxygen atoms in total. The van der Waals surface area contributed by atoms with Crippen LogP contribution in [0.2, 0.25) is 0 Å². The third kappa shape index (κ3) is 6.16. The number of amides is 2. The molecule has 0 saturated carbocycles. The highest BCUT2D eigenvalue weighted by molar-refractivity contribution is 6.04. The standard InChI is InChI=1S/C19H28N6O4/c1-10(22-17(27)28-19(5,6)7)13-8-11(25-29-13)15(26)23-12-9-21-16(18(2,3)4)24-14(12)20/h8-10H,1-7H3,(H,22,27)(H,23,26)(H2,20,21,24)/t10-/m1/s1. The van der Waals surface area contributed by atoms with Crippen LogP contribution in [-0.4, -0.2) is 32.7 Å². The SMILES string of the molecule is C[C@@H](NC(=O)OC(C)(C)C)c1cc(C(=O)Nc2cnc(C(C)(C)C)nc2N)no1. The Labute approximate surface area is 169 Å². The Hall–Kier alpha value is -3.17. The molecule has 2 amide bonds. The van der Waals surface area contributed by atoms with E-state index in [4.69, 9.17) is 15.0 Å². The minimum atomic E-state index is -0.624. The van der Waals surface area contributed by atoms with Crippen LogP contribution in [-0.2, 0) is 10.2 Å². The maximum atomic E-state index is 12.4. The van der Waals surface area contributed by atoms with Gasteiger partial charge in [0.15, 0.2) is 17.3 Å². The maximum Gasteiger partial charge on any atom is 0.408 e. The quantitative estimate of drug-likeness (QED) is 0.704. The highest BCUT2D eigenvalue weighted by Gasteiger charge is 2.23. The van der Waals surface area contributed by atoms with Gasteiger partial charge in [0.2, 0.25) is 0 Å². The van der Waals surface area contributed by atoms with Crippen molar-refractivity contribution in [3.05, 3.63) is 29.5 Å². The van der Waals surface area contributed by atoms with Crippen LogP contribution < -0.4 is 16.4 Å². The lowest BCUT2D eigenvalue weighted by atomic mass is 9.96. The fourth-order valence-corrected chi connectivity index (χ4v) is 2.19. The van der Waals surface area contributed by atoms with Crippen LogP contribution in [0.1, 0.15) is 76.6 Å². The van der Waals surface area contributed by atoms with E-state index in [-0.39, 0.29) is 22.6 Å². The number of nitrogens with one attached hydrogen (secondary N) is 2. The molecule has 0 spiro atoms. The molecule has 2 aromatic rings. The lowest BCUT2D eigenvalue weighted by Crippen LogP contribution is -2.33.